The van der Waals surface area contributed by atoms with Crippen LogP contribution in [0.2, 0.25) is 0 Å². The van der Waals surface area contributed by atoms with Crippen molar-refractivity contribution in [1.29, 1.82) is 0 Å². The second-order valence-corrected chi connectivity index (χ2v) is 6.11. The summed E-state index contributed by atoms with van der Waals surface area (Å²) in [5.41, 5.74) is 0.229. The number of rotatable bonds is 2. The van der Waals surface area contributed by atoms with Gasteiger partial charge in [0.05, 0.1) is 13.2 Å². The third-order valence-corrected chi connectivity index (χ3v) is 3.77. The molecule has 8 nitrogen and oxygen atoms in total. The monoisotopic (exact) mass is 313 g/mol. The Morgan fingerprint density at radius 2 is 2.14 bits per heavy atom. The van der Waals surface area contributed by atoms with Crippen LogP contribution < -0.4 is 5.32 Å². The first-order valence-electron chi connectivity index (χ1n) is 7.05. The lowest BCUT2D eigenvalue weighted by molar-refractivity contribution is -0.290. The molecule has 0 aliphatic carbocycles. The van der Waals surface area contributed by atoms with Gasteiger partial charge >= 0.3 is 12.1 Å². The molecular weight excluding hydrogens is 294 g/mol. The molecule has 3 heterocycles. The van der Waals surface area contributed by atoms with Gasteiger partial charge in [0.15, 0.2) is 11.9 Å². The smallest absolute Gasteiger partial charge is 0.410 e. The van der Waals surface area contributed by atoms with Gasteiger partial charge in [-0.05, 0) is 20.8 Å². The summed E-state index contributed by atoms with van der Waals surface area (Å²) < 4.78 is 28.0. The summed E-state index contributed by atoms with van der Waals surface area (Å²) >= 11 is 0. The summed E-state index contributed by atoms with van der Waals surface area (Å²) in [6, 6.07) is 0. The molecule has 8 heteroatoms. The van der Waals surface area contributed by atoms with E-state index in [9.17, 15) is 9.59 Å². The van der Waals surface area contributed by atoms with Crippen LogP contribution in [0.5, 0.6) is 0 Å². The van der Waals surface area contributed by atoms with E-state index in [2.05, 4.69) is 11.9 Å². The van der Waals surface area contributed by atoms with Gasteiger partial charge in [-0.1, -0.05) is 6.58 Å². The molecule has 0 aromatic rings. The molecule has 0 bridgehead atoms. The van der Waals surface area contributed by atoms with Crippen LogP contribution in [0.4, 0.5) is 4.79 Å². The van der Waals surface area contributed by atoms with E-state index in [-0.39, 0.29) is 18.7 Å². The number of hydrogen-bond donors (Lipinski definition) is 1. The maximum absolute atomic E-state index is 11.9. The fourth-order valence-corrected chi connectivity index (χ4v) is 2.84. The van der Waals surface area contributed by atoms with Gasteiger partial charge in [-0.2, -0.15) is 0 Å². The number of carbonyl (C=O) groups is 2. The molecule has 1 N–H and O–H groups in total. The Hall–Kier alpha value is -1.64. The van der Waals surface area contributed by atoms with E-state index in [1.165, 1.54) is 6.92 Å². The highest BCUT2D eigenvalue weighted by Crippen LogP contribution is 2.41. The van der Waals surface area contributed by atoms with Gasteiger partial charge in [-0.25, -0.2) is 9.59 Å². The van der Waals surface area contributed by atoms with Gasteiger partial charge in [0.25, 0.3) is 5.79 Å². The van der Waals surface area contributed by atoms with Gasteiger partial charge in [0, 0.05) is 5.57 Å². The summed E-state index contributed by atoms with van der Waals surface area (Å²) in [6.07, 6.45) is -2.59. The average molecular weight is 313 g/mol. The highest BCUT2D eigenvalue weighted by atomic mass is 16.8. The van der Waals surface area contributed by atoms with E-state index in [0.717, 1.165) is 0 Å². The Kier molecular flexibility index (Phi) is 3.42. The lowest BCUT2D eigenvalue weighted by atomic mass is 9.96. The highest BCUT2D eigenvalue weighted by molar-refractivity contribution is 5.87. The summed E-state index contributed by atoms with van der Waals surface area (Å²) in [6.45, 7) is 8.84. The van der Waals surface area contributed by atoms with Crippen LogP contribution >= 0.6 is 0 Å². The van der Waals surface area contributed by atoms with Crippen LogP contribution in [0.1, 0.15) is 20.8 Å². The molecule has 3 aliphatic heterocycles. The Morgan fingerprint density at radius 1 is 1.41 bits per heavy atom. The number of nitrogens with one attached hydrogen (secondary N) is 1. The molecule has 22 heavy (non-hydrogen) atoms. The minimum absolute atomic E-state index is 0.0625. The summed E-state index contributed by atoms with van der Waals surface area (Å²) in [4.78, 5) is 23.4. The van der Waals surface area contributed by atoms with Crippen LogP contribution in [0.3, 0.4) is 0 Å². The molecule has 4 atom stereocenters. The fourth-order valence-electron chi connectivity index (χ4n) is 2.84. The Morgan fingerprint density at radius 3 is 2.73 bits per heavy atom. The van der Waals surface area contributed by atoms with Gasteiger partial charge < -0.3 is 29.0 Å². The average Bonchev–Trinajstić information content (AvgIpc) is 2.93. The van der Waals surface area contributed by atoms with Crippen molar-refractivity contribution in [1.82, 2.24) is 5.32 Å². The molecule has 0 saturated carbocycles. The molecule has 0 aromatic heterocycles. The number of fused-ring (bicyclic) bond motifs is 1. The first kappa shape index (κ1) is 15.3. The van der Waals surface area contributed by atoms with Crippen molar-refractivity contribution >= 4 is 12.1 Å². The predicted octanol–water partition coefficient (Wildman–Crippen LogP) is 0.461. The van der Waals surface area contributed by atoms with Crippen molar-refractivity contribution < 1.29 is 33.3 Å². The SMILES string of the molecule is C=C(C)C(=O)OC1C2OC(C)(C)OC2COC12CNC(=O)O2. The maximum atomic E-state index is 11.9. The minimum Gasteiger partial charge on any atom is -0.449 e. The molecule has 0 aromatic carbocycles. The summed E-state index contributed by atoms with van der Waals surface area (Å²) in [7, 11) is 0. The molecule has 1 amide bonds. The lowest BCUT2D eigenvalue weighted by Gasteiger charge is -2.41. The first-order valence-corrected chi connectivity index (χ1v) is 7.05. The highest BCUT2D eigenvalue weighted by Gasteiger charge is 2.63. The van der Waals surface area contributed by atoms with E-state index in [4.69, 9.17) is 23.7 Å². The van der Waals surface area contributed by atoms with Crippen LogP contribution in [0.15, 0.2) is 12.2 Å². The third-order valence-electron chi connectivity index (χ3n) is 3.77. The van der Waals surface area contributed by atoms with Crippen LogP contribution in [0, 0.1) is 0 Å². The van der Waals surface area contributed by atoms with Crippen molar-refractivity contribution in [3.63, 3.8) is 0 Å². The zero-order valence-corrected chi connectivity index (χ0v) is 12.7. The molecule has 0 radical (unpaired) electrons. The van der Waals surface area contributed by atoms with Crippen molar-refractivity contribution in [2.75, 3.05) is 13.2 Å². The number of ether oxygens (including phenoxy) is 5. The Labute approximate surface area is 127 Å². The fraction of sp³-hybridized carbons (Fsp3) is 0.714. The summed E-state index contributed by atoms with van der Waals surface area (Å²) in [5.74, 6) is -2.86. The normalized spacial score (nSPS) is 39.0. The number of hydrogen-bond acceptors (Lipinski definition) is 7. The lowest BCUT2D eigenvalue weighted by Crippen LogP contribution is -2.63. The Bertz CT molecular complexity index is 531. The van der Waals surface area contributed by atoms with Crippen LogP contribution in [-0.4, -0.2) is 55.1 Å². The van der Waals surface area contributed by atoms with Crippen LogP contribution in [0.25, 0.3) is 0 Å². The molecule has 3 fully saturated rings. The van der Waals surface area contributed by atoms with Crippen LogP contribution in [-0.2, 0) is 28.5 Å². The number of esters is 1. The van der Waals surface area contributed by atoms with E-state index >= 15 is 0 Å². The molecule has 3 rings (SSSR count). The number of carbonyl (C=O) groups excluding carboxylic acids is 2. The summed E-state index contributed by atoms with van der Waals surface area (Å²) in [5, 5.41) is 2.52. The number of amides is 1. The van der Waals surface area contributed by atoms with Gasteiger partial charge in [-0.3, -0.25) is 0 Å². The first-order chi connectivity index (χ1) is 10.2. The second-order valence-electron chi connectivity index (χ2n) is 6.11. The Balaban J connectivity index is 1.90. The van der Waals surface area contributed by atoms with Crippen molar-refractivity contribution in [3.05, 3.63) is 12.2 Å². The van der Waals surface area contributed by atoms with Gasteiger partial charge in [-0.15, -0.1) is 0 Å². The van der Waals surface area contributed by atoms with Crippen molar-refractivity contribution in [2.24, 2.45) is 0 Å². The van der Waals surface area contributed by atoms with E-state index in [1.807, 2.05) is 0 Å². The molecule has 1 spiro atoms. The minimum atomic E-state index is -1.41. The molecular formula is C14H19NO7. The third kappa shape index (κ3) is 2.47. The van der Waals surface area contributed by atoms with Crippen molar-refractivity contribution in [3.8, 4) is 0 Å². The van der Waals surface area contributed by atoms with E-state index < -0.39 is 41.9 Å². The van der Waals surface area contributed by atoms with Crippen molar-refractivity contribution in [2.45, 2.75) is 50.7 Å². The quantitative estimate of drug-likeness (QED) is 0.585. The van der Waals surface area contributed by atoms with Gasteiger partial charge in [0.1, 0.15) is 12.2 Å². The zero-order valence-electron chi connectivity index (χ0n) is 12.7. The second kappa shape index (κ2) is 4.94. The van der Waals surface area contributed by atoms with Gasteiger partial charge in [0.2, 0.25) is 0 Å². The zero-order chi connectivity index (χ0) is 16.1. The topological polar surface area (TPSA) is 92.3 Å². The maximum Gasteiger partial charge on any atom is 0.410 e. The predicted molar refractivity (Wildman–Crippen MR) is 71.7 cm³/mol. The standard InChI is InChI=1S/C14H19NO7/c1-7(2)11(16)19-10-9-8(20-13(3,4)21-9)5-18-14(10)6-15-12(17)22-14/h8-10H,1,5-6H2,2-4H3,(H,15,17). The molecule has 4 unspecified atom stereocenters. The largest absolute Gasteiger partial charge is 0.449 e. The molecule has 3 aliphatic rings. The van der Waals surface area contributed by atoms with E-state index in [0.29, 0.717) is 0 Å². The number of alkyl carbamates (subject to hydrolysis) is 1. The molecule has 122 valence electrons. The van der Waals surface area contributed by atoms with E-state index in [1.54, 1.807) is 13.8 Å². The molecule has 3 saturated heterocycles.